The second-order valence-electron chi connectivity index (χ2n) is 7.41. The van der Waals surface area contributed by atoms with Crippen LogP contribution in [0.1, 0.15) is 25.3 Å². The minimum Gasteiger partial charge on any atom is -0.497 e. The van der Waals surface area contributed by atoms with Gasteiger partial charge in [-0.05, 0) is 44.0 Å². The highest BCUT2D eigenvalue weighted by atomic mass is 19.4. The van der Waals surface area contributed by atoms with E-state index in [0.29, 0.717) is 12.8 Å². The van der Waals surface area contributed by atoms with Crippen LogP contribution in [0.25, 0.3) is 16.8 Å². The monoisotopic (exact) mass is 410 g/mol. The highest BCUT2D eigenvalue weighted by molar-refractivity contribution is 5.81. The molecule has 4 rings (SSSR count). The van der Waals surface area contributed by atoms with Crippen molar-refractivity contribution in [2.75, 3.05) is 12.4 Å². The lowest BCUT2D eigenvalue weighted by Crippen LogP contribution is -2.48. The molecule has 1 saturated carbocycles. The Hall–Kier alpha value is -2.88. The van der Waals surface area contributed by atoms with Crippen LogP contribution in [0.2, 0.25) is 0 Å². The molecule has 0 amide bonds. The smallest absolute Gasteiger partial charge is 0.417 e. The van der Waals surface area contributed by atoms with Crippen molar-refractivity contribution in [2.24, 2.45) is 0 Å². The number of benzene rings is 1. The van der Waals surface area contributed by atoms with Crippen LogP contribution < -0.4 is 10.1 Å². The summed E-state index contributed by atoms with van der Waals surface area (Å²) in [6.07, 6.45) is -2.38. The van der Waals surface area contributed by atoms with E-state index < -0.39 is 23.2 Å². The van der Waals surface area contributed by atoms with Crippen molar-refractivity contribution in [1.82, 2.24) is 14.6 Å². The van der Waals surface area contributed by atoms with Crippen molar-refractivity contribution >= 4 is 11.5 Å². The number of hydrogen-bond donors (Lipinski definition) is 2. The van der Waals surface area contributed by atoms with Gasteiger partial charge >= 0.3 is 6.18 Å². The van der Waals surface area contributed by atoms with Crippen molar-refractivity contribution in [1.29, 1.82) is 0 Å². The molecule has 1 aliphatic rings. The number of methoxy groups -OCH3 is 1. The number of nitrogens with one attached hydrogen (secondary N) is 1. The lowest BCUT2D eigenvalue weighted by molar-refractivity contribution is -0.137. The van der Waals surface area contributed by atoms with Crippen LogP contribution >= 0.6 is 0 Å². The molecular weight excluding hydrogens is 392 g/mol. The van der Waals surface area contributed by atoms with Crippen LogP contribution in [-0.4, -0.2) is 38.5 Å². The van der Waals surface area contributed by atoms with Gasteiger partial charge in [-0.15, -0.1) is 10.2 Å². The number of nitrogens with zero attached hydrogens (tertiary/aromatic N) is 3. The van der Waals surface area contributed by atoms with Crippen molar-refractivity contribution in [3.63, 3.8) is 0 Å². The van der Waals surface area contributed by atoms with Crippen molar-refractivity contribution < 1.29 is 27.4 Å². The van der Waals surface area contributed by atoms with E-state index in [9.17, 15) is 22.7 Å². The highest BCUT2D eigenvalue weighted by Gasteiger charge is 2.39. The maximum absolute atomic E-state index is 14.5. The van der Waals surface area contributed by atoms with Gasteiger partial charge in [0.05, 0.1) is 18.3 Å². The Morgan fingerprint density at radius 1 is 1.24 bits per heavy atom. The predicted molar refractivity (Wildman–Crippen MR) is 97.2 cm³/mol. The highest BCUT2D eigenvalue weighted by Crippen LogP contribution is 2.40. The molecule has 1 fully saturated rings. The van der Waals surface area contributed by atoms with Crippen LogP contribution in [0, 0.1) is 5.82 Å². The molecule has 2 aromatic heterocycles. The number of alkyl halides is 3. The van der Waals surface area contributed by atoms with E-state index in [1.807, 2.05) is 0 Å². The summed E-state index contributed by atoms with van der Waals surface area (Å²) in [5, 5.41) is 20.8. The van der Waals surface area contributed by atoms with Crippen LogP contribution in [-0.2, 0) is 6.18 Å². The number of aromatic nitrogens is 3. The standard InChI is InChI=1S/C19H18F4N4O2/c1-18(28)8-10(9-18)24-17-26-25-15(16-14(20)5-6-27(16)17)12-4-3-11(29-2)7-13(12)19(21,22)23/h3-7,10,28H,8-9H2,1-2H3,(H,24,26). The summed E-state index contributed by atoms with van der Waals surface area (Å²) in [5.74, 6) is -0.506. The Balaban J connectivity index is 1.82. The molecule has 0 bridgehead atoms. The molecule has 0 aliphatic heterocycles. The molecule has 29 heavy (non-hydrogen) atoms. The molecule has 0 unspecified atom stereocenters. The molecule has 1 aromatic carbocycles. The number of aliphatic hydroxyl groups is 1. The molecule has 0 saturated heterocycles. The van der Waals surface area contributed by atoms with E-state index >= 15 is 0 Å². The molecule has 2 N–H and O–H groups in total. The minimum absolute atomic E-state index is 0.0243. The molecule has 0 atom stereocenters. The molecular formula is C19H18F4N4O2. The molecule has 1 aliphatic carbocycles. The summed E-state index contributed by atoms with van der Waals surface area (Å²) in [6, 6.07) is 4.43. The Bertz CT molecular complexity index is 1070. The summed E-state index contributed by atoms with van der Waals surface area (Å²) < 4.78 is 61.6. The first kappa shape index (κ1) is 19.4. The number of fused-ring (bicyclic) bond motifs is 1. The third-order valence-corrected chi connectivity index (χ3v) is 5.03. The van der Waals surface area contributed by atoms with Gasteiger partial charge in [0, 0.05) is 17.8 Å². The van der Waals surface area contributed by atoms with Gasteiger partial charge in [0.2, 0.25) is 5.95 Å². The Morgan fingerprint density at radius 3 is 2.59 bits per heavy atom. The Labute approximate surface area is 163 Å². The van der Waals surface area contributed by atoms with Gasteiger partial charge in [0.1, 0.15) is 17.0 Å². The first-order valence-corrected chi connectivity index (χ1v) is 8.87. The maximum atomic E-state index is 14.5. The number of ether oxygens (including phenoxy) is 1. The number of rotatable bonds is 4. The fourth-order valence-electron chi connectivity index (χ4n) is 3.66. The average molecular weight is 410 g/mol. The summed E-state index contributed by atoms with van der Waals surface area (Å²) in [4.78, 5) is 0. The van der Waals surface area contributed by atoms with Crippen LogP contribution in [0.15, 0.2) is 30.5 Å². The van der Waals surface area contributed by atoms with Gasteiger partial charge in [0.25, 0.3) is 0 Å². The van der Waals surface area contributed by atoms with Crippen molar-refractivity contribution in [3.05, 3.63) is 41.8 Å². The summed E-state index contributed by atoms with van der Waals surface area (Å²) >= 11 is 0. The summed E-state index contributed by atoms with van der Waals surface area (Å²) in [7, 11) is 1.26. The van der Waals surface area contributed by atoms with E-state index in [0.717, 1.165) is 12.1 Å². The third kappa shape index (κ3) is 3.48. The van der Waals surface area contributed by atoms with Crippen LogP contribution in [0.5, 0.6) is 5.75 Å². The van der Waals surface area contributed by atoms with E-state index in [2.05, 4.69) is 15.5 Å². The molecule has 154 valence electrons. The second-order valence-corrected chi connectivity index (χ2v) is 7.41. The predicted octanol–water partition coefficient (Wildman–Crippen LogP) is 3.89. The maximum Gasteiger partial charge on any atom is 0.417 e. The number of halogens is 4. The van der Waals surface area contributed by atoms with Crippen LogP contribution in [0.3, 0.4) is 0 Å². The molecule has 0 radical (unpaired) electrons. The van der Waals surface area contributed by atoms with Gasteiger partial charge in [-0.25, -0.2) is 4.39 Å². The average Bonchev–Trinajstić information content (AvgIpc) is 3.02. The fraction of sp³-hybridized carbons (Fsp3) is 0.368. The van der Waals surface area contributed by atoms with E-state index in [1.54, 1.807) is 6.92 Å². The van der Waals surface area contributed by atoms with E-state index in [-0.39, 0.29) is 34.5 Å². The SMILES string of the molecule is COc1ccc(-c2nnc(NC3CC(C)(O)C3)n3ccc(F)c23)c(C(F)(F)F)c1. The fourth-order valence-corrected chi connectivity index (χ4v) is 3.66. The summed E-state index contributed by atoms with van der Waals surface area (Å²) in [5.41, 5.74) is -2.43. The first-order chi connectivity index (χ1) is 13.6. The largest absolute Gasteiger partial charge is 0.497 e. The second kappa shape index (κ2) is 6.58. The first-order valence-electron chi connectivity index (χ1n) is 8.87. The van der Waals surface area contributed by atoms with E-state index in [1.165, 1.54) is 29.8 Å². The zero-order chi connectivity index (χ0) is 21.0. The van der Waals surface area contributed by atoms with Gasteiger partial charge < -0.3 is 15.2 Å². The zero-order valence-corrected chi connectivity index (χ0v) is 15.6. The minimum atomic E-state index is -4.69. The van der Waals surface area contributed by atoms with Gasteiger partial charge in [-0.1, -0.05) is 0 Å². The quantitative estimate of drug-likeness (QED) is 0.639. The molecule has 10 heteroatoms. The van der Waals surface area contributed by atoms with E-state index in [4.69, 9.17) is 4.74 Å². The number of hydrogen-bond acceptors (Lipinski definition) is 5. The lowest BCUT2D eigenvalue weighted by Gasteiger charge is -2.41. The van der Waals surface area contributed by atoms with Crippen molar-refractivity contribution in [3.8, 4) is 17.0 Å². The topological polar surface area (TPSA) is 71.7 Å². The molecule has 2 heterocycles. The molecule has 3 aromatic rings. The number of anilines is 1. The Morgan fingerprint density at radius 2 is 1.97 bits per heavy atom. The van der Waals surface area contributed by atoms with Crippen molar-refractivity contribution in [2.45, 2.75) is 37.6 Å². The summed E-state index contributed by atoms with van der Waals surface area (Å²) in [6.45, 7) is 1.70. The van der Waals surface area contributed by atoms with Gasteiger partial charge in [0.15, 0.2) is 5.82 Å². The molecule has 0 spiro atoms. The zero-order valence-electron chi connectivity index (χ0n) is 15.6. The molecule has 6 nitrogen and oxygen atoms in total. The van der Waals surface area contributed by atoms with Gasteiger partial charge in [-0.3, -0.25) is 4.40 Å². The van der Waals surface area contributed by atoms with Gasteiger partial charge in [-0.2, -0.15) is 13.2 Å². The lowest BCUT2D eigenvalue weighted by atomic mass is 9.77. The third-order valence-electron chi connectivity index (χ3n) is 5.03. The van der Waals surface area contributed by atoms with Crippen LogP contribution in [0.4, 0.5) is 23.5 Å². The Kier molecular flexibility index (Phi) is 4.41. The normalized spacial score (nSPS) is 21.8.